The molecule has 1 fully saturated rings. The Labute approximate surface area is 123 Å². The highest BCUT2D eigenvalue weighted by atomic mass is 15.2. The van der Waals surface area contributed by atoms with Gasteiger partial charge in [0.2, 0.25) is 0 Å². The SMILES string of the molecule is CN(CCc1ccccn1)C1(CN)CCCC(C)(C)C1. The van der Waals surface area contributed by atoms with E-state index in [2.05, 4.69) is 42.9 Å². The zero-order valence-electron chi connectivity index (χ0n) is 13.2. The van der Waals surface area contributed by atoms with Crippen molar-refractivity contribution in [2.75, 3.05) is 20.1 Å². The third-order valence-corrected chi connectivity index (χ3v) is 4.92. The Bertz CT molecular complexity index is 416. The van der Waals surface area contributed by atoms with E-state index in [1.165, 1.54) is 31.4 Å². The first-order chi connectivity index (χ1) is 9.47. The van der Waals surface area contributed by atoms with Gasteiger partial charge in [-0.15, -0.1) is 0 Å². The molecule has 112 valence electrons. The van der Waals surface area contributed by atoms with Crippen LogP contribution in [-0.2, 0) is 6.42 Å². The van der Waals surface area contributed by atoms with Crippen molar-refractivity contribution in [1.82, 2.24) is 9.88 Å². The first-order valence-corrected chi connectivity index (χ1v) is 7.79. The molecule has 1 atom stereocenters. The molecule has 1 aromatic heterocycles. The van der Waals surface area contributed by atoms with E-state index < -0.39 is 0 Å². The van der Waals surface area contributed by atoms with Crippen LogP contribution in [0.4, 0.5) is 0 Å². The molecule has 0 spiro atoms. The van der Waals surface area contributed by atoms with Crippen molar-refractivity contribution in [2.45, 2.75) is 51.5 Å². The van der Waals surface area contributed by atoms with E-state index in [9.17, 15) is 0 Å². The van der Waals surface area contributed by atoms with Crippen molar-refractivity contribution < 1.29 is 0 Å². The number of pyridine rings is 1. The first-order valence-electron chi connectivity index (χ1n) is 7.79. The normalized spacial score (nSPS) is 25.9. The average molecular weight is 275 g/mol. The topological polar surface area (TPSA) is 42.2 Å². The van der Waals surface area contributed by atoms with Gasteiger partial charge >= 0.3 is 0 Å². The molecule has 0 saturated heterocycles. The largest absolute Gasteiger partial charge is 0.329 e. The molecular formula is C17H29N3. The van der Waals surface area contributed by atoms with Crippen LogP contribution in [0, 0.1) is 5.41 Å². The van der Waals surface area contributed by atoms with Crippen LogP contribution in [0.1, 0.15) is 45.2 Å². The van der Waals surface area contributed by atoms with Crippen LogP contribution < -0.4 is 5.73 Å². The van der Waals surface area contributed by atoms with Gasteiger partial charge in [0.05, 0.1) is 0 Å². The fraction of sp³-hybridized carbons (Fsp3) is 0.706. The maximum Gasteiger partial charge on any atom is 0.0416 e. The number of nitrogens with zero attached hydrogens (tertiary/aromatic N) is 2. The van der Waals surface area contributed by atoms with Crippen molar-refractivity contribution in [3.05, 3.63) is 30.1 Å². The predicted molar refractivity (Wildman–Crippen MR) is 84.6 cm³/mol. The molecule has 2 rings (SSSR count). The maximum absolute atomic E-state index is 6.17. The summed E-state index contributed by atoms with van der Waals surface area (Å²) in [5.41, 5.74) is 7.93. The van der Waals surface area contributed by atoms with Gasteiger partial charge in [0.1, 0.15) is 0 Å². The summed E-state index contributed by atoms with van der Waals surface area (Å²) in [5, 5.41) is 0. The summed E-state index contributed by atoms with van der Waals surface area (Å²) in [5.74, 6) is 0. The summed E-state index contributed by atoms with van der Waals surface area (Å²) >= 11 is 0. The Morgan fingerprint density at radius 1 is 1.30 bits per heavy atom. The Kier molecular flexibility index (Phi) is 4.82. The van der Waals surface area contributed by atoms with E-state index in [0.29, 0.717) is 5.41 Å². The first kappa shape index (κ1) is 15.5. The van der Waals surface area contributed by atoms with E-state index in [4.69, 9.17) is 5.73 Å². The standard InChI is InChI=1S/C17H29N3/c1-16(2)9-6-10-17(13-16,14-18)20(3)12-8-15-7-4-5-11-19-15/h4-5,7,11H,6,8-10,12-14,18H2,1-3H3. The summed E-state index contributed by atoms with van der Waals surface area (Å²) in [7, 11) is 2.23. The summed E-state index contributed by atoms with van der Waals surface area (Å²) < 4.78 is 0. The molecule has 1 heterocycles. The van der Waals surface area contributed by atoms with Crippen LogP contribution in [-0.4, -0.2) is 35.6 Å². The van der Waals surface area contributed by atoms with Gasteiger partial charge in [0.25, 0.3) is 0 Å². The van der Waals surface area contributed by atoms with Gasteiger partial charge in [-0.05, 0) is 43.9 Å². The highest BCUT2D eigenvalue weighted by Gasteiger charge is 2.41. The molecule has 3 nitrogen and oxygen atoms in total. The molecule has 0 amide bonds. The van der Waals surface area contributed by atoms with Crippen molar-refractivity contribution in [3.63, 3.8) is 0 Å². The van der Waals surface area contributed by atoms with Crippen LogP contribution in [0.5, 0.6) is 0 Å². The van der Waals surface area contributed by atoms with Crippen LogP contribution in [0.3, 0.4) is 0 Å². The Morgan fingerprint density at radius 3 is 2.70 bits per heavy atom. The van der Waals surface area contributed by atoms with Gasteiger partial charge in [-0.1, -0.05) is 26.3 Å². The minimum absolute atomic E-state index is 0.177. The highest BCUT2D eigenvalue weighted by Crippen LogP contribution is 2.43. The lowest BCUT2D eigenvalue weighted by atomic mass is 9.67. The molecule has 0 aliphatic heterocycles. The second kappa shape index (κ2) is 6.23. The summed E-state index contributed by atoms with van der Waals surface area (Å²) in [6, 6.07) is 6.14. The molecule has 0 aromatic carbocycles. The lowest BCUT2D eigenvalue weighted by molar-refractivity contribution is 0.0281. The third kappa shape index (κ3) is 3.58. The summed E-state index contributed by atoms with van der Waals surface area (Å²) in [4.78, 5) is 6.90. The van der Waals surface area contributed by atoms with Crippen molar-refractivity contribution in [2.24, 2.45) is 11.1 Å². The van der Waals surface area contributed by atoms with Gasteiger partial charge in [-0.3, -0.25) is 9.88 Å². The molecular weight excluding hydrogens is 246 g/mol. The minimum atomic E-state index is 0.177. The van der Waals surface area contributed by atoms with Crippen molar-refractivity contribution >= 4 is 0 Å². The highest BCUT2D eigenvalue weighted by molar-refractivity contribution is 5.05. The van der Waals surface area contributed by atoms with Gasteiger partial charge in [-0.25, -0.2) is 0 Å². The molecule has 0 bridgehead atoms. The van der Waals surface area contributed by atoms with E-state index in [0.717, 1.165) is 19.5 Å². The minimum Gasteiger partial charge on any atom is -0.329 e. The fourth-order valence-electron chi connectivity index (χ4n) is 3.68. The number of likely N-dealkylation sites (N-methyl/N-ethyl adjacent to an activating group) is 1. The maximum atomic E-state index is 6.17. The lowest BCUT2D eigenvalue weighted by Crippen LogP contribution is -2.56. The van der Waals surface area contributed by atoms with Crippen LogP contribution in [0.25, 0.3) is 0 Å². The molecule has 1 aliphatic carbocycles. The lowest BCUT2D eigenvalue weighted by Gasteiger charge is -2.49. The van der Waals surface area contributed by atoms with E-state index in [1.54, 1.807) is 0 Å². The smallest absolute Gasteiger partial charge is 0.0416 e. The molecule has 1 aromatic rings. The van der Waals surface area contributed by atoms with Gasteiger partial charge in [-0.2, -0.15) is 0 Å². The molecule has 1 saturated carbocycles. The molecule has 2 N–H and O–H groups in total. The van der Waals surface area contributed by atoms with Crippen LogP contribution in [0.15, 0.2) is 24.4 Å². The molecule has 3 heteroatoms. The van der Waals surface area contributed by atoms with Gasteiger partial charge in [0, 0.05) is 36.9 Å². The average Bonchev–Trinajstić information content (AvgIpc) is 2.44. The van der Waals surface area contributed by atoms with Crippen LogP contribution >= 0.6 is 0 Å². The second-order valence-electron chi connectivity index (χ2n) is 7.12. The van der Waals surface area contributed by atoms with Crippen molar-refractivity contribution in [1.29, 1.82) is 0 Å². The third-order valence-electron chi connectivity index (χ3n) is 4.92. The second-order valence-corrected chi connectivity index (χ2v) is 7.12. The summed E-state index contributed by atoms with van der Waals surface area (Å²) in [6.07, 6.45) is 7.92. The Hall–Kier alpha value is -0.930. The number of rotatable bonds is 5. The number of hydrogen-bond acceptors (Lipinski definition) is 3. The number of nitrogens with two attached hydrogens (primary N) is 1. The Balaban J connectivity index is 2.00. The number of aromatic nitrogens is 1. The molecule has 0 radical (unpaired) electrons. The van der Waals surface area contributed by atoms with E-state index >= 15 is 0 Å². The van der Waals surface area contributed by atoms with Gasteiger partial charge in [0.15, 0.2) is 0 Å². The van der Waals surface area contributed by atoms with Crippen LogP contribution in [0.2, 0.25) is 0 Å². The van der Waals surface area contributed by atoms with E-state index in [1.807, 2.05) is 12.3 Å². The summed E-state index contributed by atoms with van der Waals surface area (Å²) in [6.45, 7) is 6.55. The molecule has 1 unspecified atom stereocenters. The quantitative estimate of drug-likeness (QED) is 0.898. The van der Waals surface area contributed by atoms with Crippen molar-refractivity contribution in [3.8, 4) is 0 Å². The van der Waals surface area contributed by atoms with Gasteiger partial charge < -0.3 is 5.73 Å². The number of hydrogen-bond donors (Lipinski definition) is 1. The molecule has 20 heavy (non-hydrogen) atoms. The zero-order chi connectivity index (χ0) is 14.6. The monoisotopic (exact) mass is 275 g/mol. The fourth-order valence-corrected chi connectivity index (χ4v) is 3.68. The molecule has 1 aliphatic rings. The Morgan fingerprint density at radius 2 is 2.10 bits per heavy atom. The van der Waals surface area contributed by atoms with E-state index in [-0.39, 0.29) is 5.54 Å². The predicted octanol–water partition coefficient (Wildman–Crippen LogP) is 2.85. The zero-order valence-corrected chi connectivity index (χ0v) is 13.2.